The second-order valence-corrected chi connectivity index (χ2v) is 4.22. The molecule has 84 valence electrons. The molecule has 3 heteroatoms. The minimum atomic E-state index is 0.547. The van der Waals surface area contributed by atoms with Crippen molar-refractivity contribution in [3.05, 3.63) is 0 Å². The van der Waals surface area contributed by atoms with Crippen molar-refractivity contribution in [1.82, 2.24) is 15.5 Å². The second kappa shape index (κ2) is 7.21. The van der Waals surface area contributed by atoms with Gasteiger partial charge in [0.05, 0.1) is 6.17 Å². The van der Waals surface area contributed by atoms with Crippen LogP contribution in [0.15, 0.2) is 0 Å². The molecule has 0 amide bonds. The summed E-state index contributed by atoms with van der Waals surface area (Å²) in [7, 11) is 2.22. The Kier molecular flexibility index (Phi) is 6.15. The Morgan fingerprint density at radius 3 is 2.71 bits per heavy atom. The van der Waals surface area contributed by atoms with Gasteiger partial charge >= 0.3 is 0 Å². The van der Waals surface area contributed by atoms with Crippen LogP contribution in [0.1, 0.15) is 32.6 Å². The maximum absolute atomic E-state index is 3.52. The number of nitrogens with zero attached hydrogens (tertiary/aromatic N) is 1. The van der Waals surface area contributed by atoms with Gasteiger partial charge in [0.15, 0.2) is 0 Å². The van der Waals surface area contributed by atoms with Gasteiger partial charge in [-0.3, -0.25) is 10.2 Å². The zero-order valence-electron chi connectivity index (χ0n) is 9.68. The molecule has 0 radical (unpaired) electrons. The summed E-state index contributed by atoms with van der Waals surface area (Å²) < 4.78 is 0. The van der Waals surface area contributed by atoms with Crippen molar-refractivity contribution in [3.63, 3.8) is 0 Å². The van der Waals surface area contributed by atoms with E-state index < -0.39 is 0 Å². The highest BCUT2D eigenvalue weighted by Crippen LogP contribution is 2.02. The van der Waals surface area contributed by atoms with Gasteiger partial charge in [-0.1, -0.05) is 26.2 Å². The lowest BCUT2D eigenvalue weighted by molar-refractivity contribution is 0.179. The van der Waals surface area contributed by atoms with Crippen LogP contribution in [0.5, 0.6) is 0 Å². The largest absolute Gasteiger partial charge is 0.313 e. The van der Waals surface area contributed by atoms with E-state index in [0.29, 0.717) is 6.17 Å². The smallest absolute Gasteiger partial charge is 0.0723 e. The Morgan fingerprint density at radius 2 is 2.07 bits per heavy atom. The van der Waals surface area contributed by atoms with Gasteiger partial charge < -0.3 is 5.32 Å². The molecule has 1 aliphatic rings. The minimum Gasteiger partial charge on any atom is -0.313 e. The van der Waals surface area contributed by atoms with E-state index in [4.69, 9.17) is 0 Å². The summed E-state index contributed by atoms with van der Waals surface area (Å²) >= 11 is 0. The molecule has 1 fully saturated rings. The summed E-state index contributed by atoms with van der Waals surface area (Å²) in [4.78, 5) is 2.43. The average Bonchev–Trinajstić information content (AvgIpc) is 2.25. The van der Waals surface area contributed by atoms with Crippen LogP contribution in [0.3, 0.4) is 0 Å². The number of unbranched alkanes of at least 4 members (excludes halogenated alkanes) is 3. The summed E-state index contributed by atoms with van der Waals surface area (Å²) in [5.74, 6) is 0. The van der Waals surface area contributed by atoms with Crippen molar-refractivity contribution in [2.75, 3.05) is 33.2 Å². The van der Waals surface area contributed by atoms with Crippen molar-refractivity contribution in [2.24, 2.45) is 0 Å². The minimum absolute atomic E-state index is 0.547. The van der Waals surface area contributed by atoms with Gasteiger partial charge in [0, 0.05) is 19.6 Å². The van der Waals surface area contributed by atoms with E-state index in [0.717, 1.165) is 19.6 Å². The van der Waals surface area contributed by atoms with Crippen LogP contribution in [0.25, 0.3) is 0 Å². The average molecular weight is 199 g/mol. The van der Waals surface area contributed by atoms with Crippen LogP contribution >= 0.6 is 0 Å². The van der Waals surface area contributed by atoms with Gasteiger partial charge in [-0.05, 0) is 20.0 Å². The third-order valence-electron chi connectivity index (χ3n) is 2.92. The van der Waals surface area contributed by atoms with E-state index in [1.54, 1.807) is 0 Å². The van der Waals surface area contributed by atoms with E-state index in [-0.39, 0.29) is 0 Å². The molecule has 0 aromatic heterocycles. The summed E-state index contributed by atoms with van der Waals surface area (Å²) in [6, 6.07) is 0. The molecule has 0 spiro atoms. The van der Waals surface area contributed by atoms with Crippen LogP contribution in [-0.4, -0.2) is 44.3 Å². The Labute approximate surface area is 88.2 Å². The molecule has 1 aliphatic heterocycles. The van der Waals surface area contributed by atoms with E-state index in [9.17, 15) is 0 Å². The second-order valence-electron chi connectivity index (χ2n) is 4.22. The van der Waals surface area contributed by atoms with Crippen LogP contribution in [0.4, 0.5) is 0 Å². The lowest BCUT2D eigenvalue weighted by atomic mass is 10.2. The quantitative estimate of drug-likeness (QED) is 0.625. The first-order valence-electron chi connectivity index (χ1n) is 5.99. The van der Waals surface area contributed by atoms with Gasteiger partial charge in [0.2, 0.25) is 0 Å². The molecular weight excluding hydrogens is 174 g/mol. The van der Waals surface area contributed by atoms with Gasteiger partial charge in [-0.15, -0.1) is 0 Å². The molecule has 0 saturated carbocycles. The fraction of sp³-hybridized carbons (Fsp3) is 1.00. The maximum atomic E-state index is 3.52. The summed E-state index contributed by atoms with van der Waals surface area (Å²) in [6.07, 6.45) is 5.96. The zero-order valence-corrected chi connectivity index (χ0v) is 9.68. The predicted molar refractivity (Wildman–Crippen MR) is 61.4 cm³/mol. The normalized spacial score (nSPS) is 22.9. The number of likely N-dealkylation sites (N-methyl/N-ethyl adjacent to an activating group) is 1. The van der Waals surface area contributed by atoms with E-state index in [2.05, 4.69) is 29.5 Å². The van der Waals surface area contributed by atoms with E-state index >= 15 is 0 Å². The lowest BCUT2D eigenvalue weighted by Crippen LogP contribution is -2.56. The van der Waals surface area contributed by atoms with Gasteiger partial charge in [0.1, 0.15) is 0 Å². The molecule has 14 heavy (non-hydrogen) atoms. The molecule has 1 unspecified atom stereocenters. The topological polar surface area (TPSA) is 27.3 Å². The molecule has 2 N–H and O–H groups in total. The predicted octanol–water partition coefficient (Wildman–Crippen LogP) is 1.02. The standard InChI is InChI=1S/C11H25N3/c1-3-4-5-6-9-14(2)11-10-12-7-8-13-11/h11-13H,3-10H2,1-2H3. The number of piperazine rings is 1. The molecule has 3 nitrogen and oxygen atoms in total. The first-order valence-corrected chi connectivity index (χ1v) is 5.99. The number of rotatable bonds is 6. The number of hydrogen-bond donors (Lipinski definition) is 2. The molecular formula is C11H25N3. The van der Waals surface area contributed by atoms with Gasteiger partial charge in [-0.25, -0.2) is 0 Å². The lowest BCUT2D eigenvalue weighted by Gasteiger charge is -2.32. The molecule has 0 aliphatic carbocycles. The SMILES string of the molecule is CCCCCCN(C)C1CNCCN1. The first kappa shape index (κ1) is 12.0. The van der Waals surface area contributed by atoms with E-state index in [1.807, 2.05) is 0 Å². The maximum Gasteiger partial charge on any atom is 0.0723 e. The summed E-state index contributed by atoms with van der Waals surface area (Å²) in [6.45, 7) is 6.78. The molecule has 1 saturated heterocycles. The van der Waals surface area contributed by atoms with Crippen LogP contribution in [0.2, 0.25) is 0 Å². The van der Waals surface area contributed by atoms with Crippen molar-refractivity contribution < 1.29 is 0 Å². The van der Waals surface area contributed by atoms with E-state index in [1.165, 1.54) is 32.2 Å². The molecule has 1 atom stereocenters. The molecule has 0 bridgehead atoms. The van der Waals surface area contributed by atoms with Crippen molar-refractivity contribution in [3.8, 4) is 0 Å². The Bertz CT molecular complexity index is 132. The van der Waals surface area contributed by atoms with Crippen molar-refractivity contribution >= 4 is 0 Å². The fourth-order valence-corrected chi connectivity index (χ4v) is 1.89. The molecule has 0 aromatic rings. The summed E-state index contributed by atoms with van der Waals surface area (Å²) in [5, 5.41) is 6.94. The Balaban J connectivity index is 2.04. The molecule has 1 rings (SSSR count). The van der Waals surface area contributed by atoms with Crippen molar-refractivity contribution in [1.29, 1.82) is 0 Å². The van der Waals surface area contributed by atoms with Crippen molar-refractivity contribution in [2.45, 2.75) is 38.8 Å². The van der Waals surface area contributed by atoms with Gasteiger partial charge in [-0.2, -0.15) is 0 Å². The Hall–Kier alpha value is -0.120. The third-order valence-corrected chi connectivity index (χ3v) is 2.92. The molecule has 1 heterocycles. The van der Waals surface area contributed by atoms with Gasteiger partial charge in [0.25, 0.3) is 0 Å². The number of nitrogens with one attached hydrogen (secondary N) is 2. The summed E-state index contributed by atoms with van der Waals surface area (Å²) in [5.41, 5.74) is 0. The highest BCUT2D eigenvalue weighted by atomic mass is 15.3. The first-order chi connectivity index (χ1) is 6.84. The van der Waals surface area contributed by atoms with Crippen LogP contribution in [-0.2, 0) is 0 Å². The highest BCUT2D eigenvalue weighted by molar-refractivity contribution is 4.74. The third kappa shape index (κ3) is 4.40. The zero-order chi connectivity index (χ0) is 10.2. The molecule has 0 aromatic carbocycles. The highest BCUT2D eigenvalue weighted by Gasteiger charge is 2.15. The van der Waals surface area contributed by atoms with Crippen LogP contribution in [0, 0.1) is 0 Å². The monoisotopic (exact) mass is 199 g/mol. The fourth-order valence-electron chi connectivity index (χ4n) is 1.89. The number of hydrogen-bond acceptors (Lipinski definition) is 3. The van der Waals surface area contributed by atoms with Crippen LogP contribution < -0.4 is 10.6 Å². The Morgan fingerprint density at radius 1 is 1.21 bits per heavy atom.